The van der Waals surface area contributed by atoms with Gasteiger partial charge in [-0.05, 0) is 82.5 Å². The number of esters is 6. The van der Waals surface area contributed by atoms with Crippen LogP contribution in [0.2, 0.25) is 0 Å². The molecule has 68 heavy (non-hydrogen) atoms. The van der Waals surface area contributed by atoms with Gasteiger partial charge in [0.2, 0.25) is 0 Å². The van der Waals surface area contributed by atoms with Gasteiger partial charge in [-0.3, -0.25) is 0 Å². The summed E-state index contributed by atoms with van der Waals surface area (Å²) in [5, 5.41) is 0. The predicted molar refractivity (Wildman–Crippen MR) is 227 cm³/mol. The van der Waals surface area contributed by atoms with E-state index in [9.17, 15) is 55.1 Å². The van der Waals surface area contributed by atoms with Crippen LogP contribution in [-0.4, -0.2) is 48.2 Å². The topological polar surface area (TPSA) is 158 Å². The van der Waals surface area contributed by atoms with Crippen molar-refractivity contribution in [3.8, 4) is 46.3 Å². The third-order valence-electron chi connectivity index (χ3n) is 8.65. The second-order valence-electron chi connectivity index (χ2n) is 14.3. The van der Waals surface area contributed by atoms with Gasteiger partial charge in [0.25, 0.3) is 0 Å². The van der Waals surface area contributed by atoms with Crippen molar-refractivity contribution in [2.45, 2.75) is 53.9 Å². The van der Waals surface area contributed by atoms with Crippen LogP contribution in [-0.2, 0) is 28.8 Å². The Morgan fingerprint density at radius 2 is 0.809 bits per heavy atom. The molecule has 0 amide bonds. The van der Waals surface area contributed by atoms with Crippen LogP contribution in [0.1, 0.15) is 63.8 Å². The molecule has 0 spiro atoms. The van der Waals surface area contributed by atoms with Crippen LogP contribution in [0.3, 0.4) is 0 Å². The van der Waals surface area contributed by atoms with Crippen molar-refractivity contribution in [3.05, 3.63) is 143 Å². The van der Waals surface area contributed by atoms with Crippen molar-refractivity contribution in [1.29, 1.82) is 0 Å². The predicted octanol–water partition coefficient (Wildman–Crippen LogP) is 10.3. The molecule has 0 unspecified atom stereocenters. The molecule has 0 saturated heterocycles. The van der Waals surface area contributed by atoms with E-state index in [0.717, 1.165) is 50.2 Å². The zero-order chi connectivity index (χ0) is 51.9. The first-order valence-electron chi connectivity index (χ1n) is 18.8. The highest BCUT2D eigenvalue weighted by Gasteiger charge is 2.41. The third kappa shape index (κ3) is 13.1. The van der Waals surface area contributed by atoms with E-state index >= 15 is 8.78 Å². The molecule has 0 N–H and O–H groups in total. The summed E-state index contributed by atoms with van der Waals surface area (Å²) in [6, 6.07) is 5.89. The average molecular weight is 957 g/mol. The van der Waals surface area contributed by atoms with Crippen molar-refractivity contribution in [3.63, 3.8) is 0 Å². The van der Waals surface area contributed by atoms with Gasteiger partial charge >= 0.3 is 48.2 Å². The average Bonchev–Trinajstić information content (AvgIpc) is 3.24. The van der Waals surface area contributed by atoms with Gasteiger partial charge in [-0.15, -0.1) is 0 Å². The Labute approximate surface area is 382 Å². The van der Waals surface area contributed by atoms with Crippen LogP contribution in [0.25, 0.3) is 11.1 Å². The quantitative estimate of drug-likeness (QED) is 0.0377. The minimum atomic E-state index is -5.47. The third-order valence-corrected chi connectivity index (χ3v) is 8.65. The summed E-state index contributed by atoms with van der Waals surface area (Å²) < 4.78 is 145. The Bertz CT molecular complexity index is 2870. The number of hydrogen-bond donors (Lipinski definition) is 0. The largest absolute Gasteiger partial charge is 0.422 e. The van der Waals surface area contributed by atoms with E-state index in [1.54, 1.807) is 0 Å². The molecule has 3 rings (SSSR count). The van der Waals surface area contributed by atoms with Gasteiger partial charge in [0.05, 0.1) is 5.56 Å². The van der Waals surface area contributed by atoms with E-state index in [4.69, 9.17) is 28.4 Å². The smallest absolute Gasteiger partial charge is 0.419 e. The summed E-state index contributed by atoms with van der Waals surface area (Å²) in [4.78, 5) is 75.6. The van der Waals surface area contributed by atoms with E-state index in [0.29, 0.717) is 0 Å². The van der Waals surface area contributed by atoms with Crippen molar-refractivity contribution in [1.82, 2.24) is 0 Å². The molecule has 0 aliphatic rings. The zero-order valence-electron chi connectivity index (χ0n) is 36.6. The second-order valence-corrected chi connectivity index (χ2v) is 14.3. The van der Waals surface area contributed by atoms with Crippen LogP contribution in [0, 0.1) is 23.5 Å². The van der Waals surface area contributed by atoms with E-state index in [1.165, 1.54) is 27.7 Å². The second kappa shape index (κ2) is 21.3. The number of carbonyl (C=O) groups excluding carboxylic acids is 6. The van der Waals surface area contributed by atoms with Crippen molar-refractivity contribution in [2.24, 2.45) is 0 Å². The van der Waals surface area contributed by atoms with Gasteiger partial charge < -0.3 is 28.4 Å². The maximum atomic E-state index is 16.9. The van der Waals surface area contributed by atoms with Gasteiger partial charge in [0.15, 0.2) is 46.1 Å². The molecule has 0 atom stereocenters. The Morgan fingerprint density at radius 3 is 1.24 bits per heavy atom. The first-order valence-corrected chi connectivity index (χ1v) is 18.8. The van der Waals surface area contributed by atoms with Gasteiger partial charge in [-0.25, -0.2) is 37.5 Å². The summed E-state index contributed by atoms with van der Waals surface area (Å²) >= 11 is 0. The highest BCUT2D eigenvalue weighted by atomic mass is 19.4. The summed E-state index contributed by atoms with van der Waals surface area (Å²) in [5.41, 5.74) is -8.54. The Morgan fingerprint density at radius 1 is 0.456 bits per heavy atom. The van der Waals surface area contributed by atoms with E-state index in [2.05, 4.69) is 51.3 Å². The molecule has 3 aromatic carbocycles. The lowest BCUT2D eigenvalue weighted by Crippen LogP contribution is -2.24. The lowest BCUT2D eigenvalue weighted by molar-refractivity contribution is -0.144. The number of carbonyl (C=O) groups is 6. The van der Waals surface area contributed by atoms with E-state index < -0.39 is 122 Å². The number of alkyl halides is 6. The molecule has 0 saturated carbocycles. The summed E-state index contributed by atoms with van der Waals surface area (Å²) in [5.74, 6) is -13.5. The highest BCUT2D eigenvalue weighted by Crippen LogP contribution is 2.46. The zero-order valence-corrected chi connectivity index (χ0v) is 36.6. The fraction of sp³-hybridized carbons (Fsp3) is 0.167. The van der Waals surface area contributed by atoms with Crippen LogP contribution in [0.5, 0.6) is 34.5 Å². The number of allylic oxidation sites excluding steroid dienone is 2. The van der Waals surface area contributed by atoms with E-state index in [-0.39, 0.29) is 39.2 Å². The van der Waals surface area contributed by atoms with Gasteiger partial charge in [-0.1, -0.05) is 57.4 Å². The van der Waals surface area contributed by atoms with Crippen LogP contribution >= 0.6 is 0 Å². The number of benzene rings is 3. The summed E-state index contributed by atoms with van der Waals surface area (Å²) in [6.07, 6.45) is -10.7. The molecule has 12 nitrogen and oxygen atoms in total. The Hall–Kier alpha value is -8.34. The molecule has 0 heterocycles. The lowest BCUT2D eigenvalue weighted by Gasteiger charge is -2.21. The van der Waals surface area contributed by atoms with Gasteiger partial charge in [0.1, 0.15) is 16.7 Å². The van der Waals surface area contributed by atoms with Crippen LogP contribution in [0.15, 0.2) is 109 Å². The SMILES string of the molecule is C=C(C)C(=O)Oc1ccc(C#Cc2c(F)c(OC(=O)C(=C)C)c(/C(C)=C(\C)c3ccc(OC(=O)C(=C)C(F)(F)F)c(OC(=O)C(=C)C)c3)c(OC(=O)C(=C)C(F)(F)F)c2F)cc1OC(=O)C(=C)C. The first kappa shape index (κ1) is 54.0. The molecule has 0 aliphatic heterocycles. The molecule has 20 heteroatoms. The number of ether oxygens (including phenoxy) is 6. The van der Waals surface area contributed by atoms with Gasteiger partial charge in [-0.2, -0.15) is 26.3 Å². The number of halogens is 8. The molecule has 0 aliphatic carbocycles. The molecule has 356 valence electrons. The minimum Gasteiger partial charge on any atom is -0.419 e. The summed E-state index contributed by atoms with van der Waals surface area (Å²) in [6.45, 7) is 26.0. The fourth-order valence-corrected chi connectivity index (χ4v) is 4.77. The first-order chi connectivity index (χ1) is 31.3. The lowest BCUT2D eigenvalue weighted by atomic mass is 9.93. The van der Waals surface area contributed by atoms with E-state index in [1.807, 2.05) is 0 Å². The molecule has 3 aromatic rings. The molecular weight excluding hydrogens is 921 g/mol. The number of rotatable bonds is 14. The van der Waals surface area contributed by atoms with Crippen LogP contribution in [0.4, 0.5) is 35.1 Å². The molecule has 0 bridgehead atoms. The number of hydrogen-bond acceptors (Lipinski definition) is 12. The molecule has 0 fully saturated rings. The Kier molecular flexibility index (Phi) is 16.9. The monoisotopic (exact) mass is 956 g/mol. The molecule has 0 aromatic heterocycles. The maximum absolute atomic E-state index is 16.9. The van der Waals surface area contributed by atoms with Crippen molar-refractivity contribution in [2.75, 3.05) is 0 Å². The maximum Gasteiger partial charge on any atom is 0.422 e. The highest BCUT2D eigenvalue weighted by molar-refractivity contribution is 5.99. The minimum absolute atomic E-state index is 0.0663. The summed E-state index contributed by atoms with van der Waals surface area (Å²) in [7, 11) is 0. The Balaban J connectivity index is 2.50. The van der Waals surface area contributed by atoms with Gasteiger partial charge in [0, 0.05) is 33.9 Å². The molecule has 0 radical (unpaired) electrons. The van der Waals surface area contributed by atoms with Crippen molar-refractivity contribution >= 4 is 47.0 Å². The van der Waals surface area contributed by atoms with Crippen LogP contribution < -0.4 is 28.4 Å². The molecular formula is C48H36F8O12. The normalized spacial score (nSPS) is 11.3. The standard InChI is InChI=1S/C48H36F8O12/c1-21(2)41(57)63-32-17-14-29(19-34(32)65-42(58)22(3)4)13-16-31-37(49)39(67-44(60)24(7)8)36(40(38(31)50)68-46(62)28(12)48(54,55)56)26(10)25(9)30-15-18-33(35(20-30)66-43(59)23(5)6)64-45(61)27(11)47(51,52)53/h14-15,17-20H,1,3,5,7,11-12H2,2,4,6,8-10H3/b26-25+. The van der Waals surface area contributed by atoms with Crippen molar-refractivity contribution < 1.29 is 92.3 Å². The fourth-order valence-electron chi connectivity index (χ4n) is 4.77.